The van der Waals surface area contributed by atoms with Crippen LogP contribution in [0.15, 0.2) is 4.99 Å². The molecule has 6 heteroatoms. The number of nitrogens with zero attached hydrogens (tertiary/aromatic N) is 1. The molecule has 0 aliphatic carbocycles. The Balaban J connectivity index is 2.12. The van der Waals surface area contributed by atoms with Gasteiger partial charge in [-0.15, -0.1) is 0 Å². The van der Waals surface area contributed by atoms with Gasteiger partial charge < -0.3 is 24.8 Å². The molecule has 6 nitrogen and oxygen atoms in total. The van der Waals surface area contributed by atoms with Crippen molar-refractivity contribution in [3.05, 3.63) is 0 Å². The quantitative estimate of drug-likeness (QED) is 0.486. The van der Waals surface area contributed by atoms with Gasteiger partial charge in [-0.05, 0) is 0 Å². The van der Waals surface area contributed by atoms with Crippen LogP contribution in [0.2, 0.25) is 0 Å². The fraction of sp³-hybridized carbons (Fsp3) is 0.889. The Kier molecular flexibility index (Phi) is 2.92. The summed E-state index contributed by atoms with van der Waals surface area (Å²) >= 11 is 0. The molecular weight excluding hydrogens is 202 g/mol. The third-order valence-corrected chi connectivity index (χ3v) is 2.90. The van der Waals surface area contributed by atoms with E-state index in [4.69, 9.17) is 14.6 Å². The van der Waals surface area contributed by atoms with E-state index in [1.54, 1.807) is 0 Å². The molecule has 1 fully saturated rings. The lowest BCUT2D eigenvalue weighted by Gasteiger charge is -2.37. The molecule has 15 heavy (non-hydrogen) atoms. The van der Waals surface area contributed by atoms with Crippen LogP contribution in [0.5, 0.6) is 0 Å². The van der Waals surface area contributed by atoms with Gasteiger partial charge in [0.25, 0.3) is 0 Å². The number of aliphatic hydroxyl groups is 3. The summed E-state index contributed by atoms with van der Waals surface area (Å²) < 4.78 is 10.4. The van der Waals surface area contributed by atoms with Crippen molar-refractivity contribution in [3.8, 4) is 0 Å². The van der Waals surface area contributed by atoms with Crippen LogP contribution in [0, 0.1) is 0 Å². The number of aliphatic imine (C=N–C) groups is 1. The van der Waals surface area contributed by atoms with Gasteiger partial charge in [-0.25, -0.2) is 4.99 Å². The lowest BCUT2D eigenvalue weighted by atomic mass is 9.94. The fourth-order valence-corrected chi connectivity index (χ4v) is 2.03. The van der Waals surface area contributed by atoms with Crippen molar-refractivity contribution >= 4 is 5.90 Å². The summed E-state index contributed by atoms with van der Waals surface area (Å²) in [7, 11) is 1.50. The molecule has 0 aromatic rings. The van der Waals surface area contributed by atoms with Crippen molar-refractivity contribution in [1.82, 2.24) is 0 Å². The van der Waals surface area contributed by atoms with Crippen molar-refractivity contribution < 1.29 is 24.8 Å². The first kappa shape index (κ1) is 10.8. The van der Waals surface area contributed by atoms with E-state index in [2.05, 4.69) is 4.99 Å². The topological polar surface area (TPSA) is 91.5 Å². The second-order valence-corrected chi connectivity index (χ2v) is 3.80. The first-order valence-electron chi connectivity index (χ1n) is 4.90. The molecule has 2 heterocycles. The zero-order chi connectivity index (χ0) is 11.0. The Morgan fingerprint density at radius 3 is 2.80 bits per heavy atom. The standard InChI is InChI=1S/C9H15NO5/c1-14-6-2-4-7(10-6)9(13)8(12)5(3-11)15-4/h4-5,7-9,11-13H,2-3H2,1H3/t4-,5-,7+,8+,9-/m1/s1. The van der Waals surface area contributed by atoms with E-state index >= 15 is 0 Å². The zero-order valence-electron chi connectivity index (χ0n) is 8.41. The number of aliphatic hydroxyl groups excluding tert-OH is 3. The van der Waals surface area contributed by atoms with Crippen LogP contribution in [-0.4, -0.2) is 65.4 Å². The monoisotopic (exact) mass is 217 g/mol. The molecule has 2 rings (SSSR count). The van der Waals surface area contributed by atoms with Crippen molar-refractivity contribution in [2.24, 2.45) is 4.99 Å². The third-order valence-electron chi connectivity index (χ3n) is 2.90. The number of hydrogen-bond acceptors (Lipinski definition) is 6. The number of hydrogen-bond donors (Lipinski definition) is 3. The van der Waals surface area contributed by atoms with Gasteiger partial charge in [0, 0.05) is 0 Å². The van der Waals surface area contributed by atoms with E-state index in [-0.39, 0.29) is 12.7 Å². The number of methoxy groups -OCH3 is 1. The van der Waals surface area contributed by atoms with Crippen LogP contribution in [-0.2, 0) is 9.47 Å². The minimum Gasteiger partial charge on any atom is -0.484 e. The summed E-state index contributed by atoms with van der Waals surface area (Å²) in [6, 6.07) is -0.488. The van der Waals surface area contributed by atoms with E-state index in [0.717, 1.165) is 0 Å². The van der Waals surface area contributed by atoms with Gasteiger partial charge in [-0.3, -0.25) is 0 Å². The van der Waals surface area contributed by atoms with Gasteiger partial charge in [0.2, 0.25) is 0 Å². The average molecular weight is 217 g/mol. The second-order valence-electron chi connectivity index (χ2n) is 3.80. The average Bonchev–Trinajstić information content (AvgIpc) is 2.66. The Hall–Kier alpha value is -0.690. The smallest absolute Gasteiger partial charge is 0.186 e. The van der Waals surface area contributed by atoms with Gasteiger partial charge in [-0.1, -0.05) is 0 Å². The lowest BCUT2D eigenvalue weighted by molar-refractivity contribution is -0.183. The Labute approximate surface area is 87.2 Å². The molecule has 0 bridgehead atoms. The molecule has 0 saturated carbocycles. The molecule has 0 aromatic heterocycles. The first-order valence-corrected chi connectivity index (χ1v) is 4.90. The summed E-state index contributed by atoms with van der Waals surface area (Å²) in [5, 5.41) is 28.3. The molecule has 2 aliphatic rings. The van der Waals surface area contributed by atoms with E-state index in [9.17, 15) is 10.2 Å². The van der Waals surface area contributed by atoms with Gasteiger partial charge >= 0.3 is 0 Å². The normalized spacial score (nSPS) is 44.8. The Morgan fingerprint density at radius 2 is 2.20 bits per heavy atom. The van der Waals surface area contributed by atoms with Crippen molar-refractivity contribution in [1.29, 1.82) is 0 Å². The van der Waals surface area contributed by atoms with Gasteiger partial charge in [-0.2, -0.15) is 0 Å². The van der Waals surface area contributed by atoms with E-state index < -0.39 is 24.4 Å². The zero-order valence-corrected chi connectivity index (χ0v) is 8.41. The molecule has 0 radical (unpaired) electrons. The summed E-state index contributed by atoms with van der Waals surface area (Å²) in [6.45, 7) is -0.316. The fourth-order valence-electron chi connectivity index (χ4n) is 2.03. The number of ether oxygens (including phenoxy) is 2. The molecule has 0 aromatic carbocycles. The Morgan fingerprint density at radius 1 is 1.47 bits per heavy atom. The minimum absolute atomic E-state index is 0.310. The molecule has 1 saturated heterocycles. The van der Waals surface area contributed by atoms with Gasteiger partial charge in [0.05, 0.1) is 26.2 Å². The van der Waals surface area contributed by atoms with Gasteiger partial charge in [0.15, 0.2) is 5.90 Å². The van der Waals surface area contributed by atoms with Crippen LogP contribution in [0.3, 0.4) is 0 Å². The van der Waals surface area contributed by atoms with Crippen LogP contribution in [0.1, 0.15) is 6.42 Å². The maximum Gasteiger partial charge on any atom is 0.186 e. The third kappa shape index (κ3) is 1.74. The SMILES string of the molecule is COC1=N[C@@H]2[C@@H](O)[C@@H](O)[C@@H](CO)O[C@@H]2C1. The molecule has 0 amide bonds. The lowest BCUT2D eigenvalue weighted by Crippen LogP contribution is -2.56. The highest BCUT2D eigenvalue weighted by Crippen LogP contribution is 2.30. The van der Waals surface area contributed by atoms with Crippen LogP contribution in [0.4, 0.5) is 0 Å². The van der Waals surface area contributed by atoms with E-state index in [0.29, 0.717) is 12.3 Å². The molecular formula is C9H15NO5. The van der Waals surface area contributed by atoms with E-state index in [1.807, 2.05) is 0 Å². The van der Waals surface area contributed by atoms with Crippen molar-refractivity contribution in [2.45, 2.75) is 36.9 Å². The predicted octanol–water partition coefficient (Wildman–Crippen LogP) is -1.71. The molecule has 5 atom stereocenters. The highest BCUT2D eigenvalue weighted by molar-refractivity contribution is 5.79. The predicted molar refractivity (Wildman–Crippen MR) is 50.6 cm³/mol. The summed E-state index contributed by atoms with van der Waals surface area (Å²) in [4.78, 5) is 4.11. The highest BCUT2D eigenvalue weighted by atomic mass is 16.5. The second kappa shape index (κ2) is 4.05. The van der Waals surface area contributed by atoms with Crippen LogP contribution >= 0.6 is 0 Å². The highest BCUT2D eigenvalue weighted by Gasteiger charge is 2.47. The van der Waals surface area contributed by atoms with Crippen LogP contribution in [0.25, 0.3) is 0 Å². The van der Waals surface area contributed by atoms with E-state index in [1.165, 1.54) is 7.11 Å². The Bertz CT molecular complexity index is 269. The largest absolute Gasteiger partial charge is 0.484 e. The first-order chi connectivity index (χ1) is 7.17. The molecule has 3 N–H and O–H groups in total. The van der Waals surface area contributed by atoms with Crippen molar-refractivity contribution in [2.75, 3.05) is 13.7 Å². The molecule has 86 valence electrons. The summed E-state index contributed by atoms with van der Waals surface area (Å²) in [5.74, 6) is 0.509. The van der Waals surface area contributed by atoms with Crippen LogP contribution < -0.4 is 0 Å². The number of fused-ring (bicyclic) bond motifs is 1. The summed E-state index contributed by atoms with van der Waals surface area (Å²) in [6.07, 6.45) is -2.69. The summed E-state index contributed by atoms with van der Waals surface area (Å²) in [5.41, 5.74) is 0. The molecule has 0 spiro atoms. The molecule has 0 unspecified atom stereocenters. The maximum atomic E-state index is 9.76. The van der Waals surface area contributed by atoms with Gasteiger partial charge in [0.1, 0.15) is 24.4 Å². The minimum atomic E-state index is -1.10. The van der Waals surface area contributed by atoms with Crippen molar-refractivity contribution in [3.63, 3.8) is 0 Å². The number of rotatable bonds is 1. The molecule has 2 aliphatic heterocycles. The maximum absolute atomic E-state index is 9.76.